The standard InChI is InChI=1S/C31H33FN6O2/c1-3-16-36(29-19-27(29)22-7-11-24(32)12-8-22)17-4-6-28(31(40)37-20-25(21-37)33-2)35-30(39)23-9-13-26(14-10-23)38-18-5-15-34-38/h3,5,7-15,18,25,27-29H,1,4,6,16-17,19-21H2,(H,35,39)/t27-,28-,29+/m0/s1. The molecule has 8 nitrogen and oxygen atoms in total. The molecule has 0 spiro atoms. The Balaban J connectivity index is 1.21. The maximum atomic E-state index is 13.4. The Labute approximate surface area is 233 Å². The molecule has 1 saturated carbocycles. The van der Waals surface area contributed by atoms with Crippen molar-refractivity contribution >= 4 is 11.8 Å². The maximum Gasteiger partial charge on any atom is 0.258 e. The van der Waals surface area contributed by atoms with Crippen LogP contribution in [0.15, 0.2) is 79.6 Å². The zero-order valence-electron chi connectivity index (χ0n) is 22.3. The van der Waals surface area contributed by atoms with Crippen molar-refractivity contribution in [2.75, 3.05) is 26.2 Å². The molecular weight excluding hydrogens is 507 g/mol. The Kier molecular flexibility index (Phi) is 8.37. The van der Waals surface area contributed by atoms with Crippen LogP contribution in [0.3, 0.4) is 0 Å². The molecule has 9 heteroatoms. The zero-order chi connectivity index (χ0) is 28.1. The minimum atomic E-state index is -0.678. The Bertz CT molecular complexity index is 1360. The summed E-state index contributed by atoms with van der Waals surface area (Å²) in [5, 5.41) is 7.16. The highest BCUT2D eigenvalue weighted by Gasteiger charge is 2.42. The maximum absolute atomic E-state index is 13.4. The third-order valence-corrected chi connectivity index (χ3v) is 7.68. The van der Waals surface area contributed by atoms with Crippen LogP contribution in [-0.2, 0) is 4.79 Å². The summed E-state index contributed by atoms with van der Waals surface area (Å²) in [6.07, 6.45) is 7.58. The van der Waals surface area contributed by atoms with Crippen LogP contribution < -0.4 is 5.32 Å². The highest BCUT2D eigenvalue weighted by atomic mass is 19.1. The number of carbonyl (C=O) groups is 2. The predicted molar refractivity (Wildman–Crippen MR) is 150 cm³/mol. The van der Waals surface area contributed by atoms with Crippen LogP contribution in [0.4, 0.5) is 4.39 Å². The molecule has 1 aromatic heterocycles. The van der Waals surface area contributed by atoms with Crippen LogP contribution in [-0.4, -0.2) is 75.7 Å². The number of nitrogens with one attached hydrogen (secondary N) is 1. The number of aromatic nitrogens is 2. The molecule has 2 heterocycles. The summed E-state index contributed by atoms with van der Waals surface area (Å²) in [7, 11) is 0. The van der Waals surface area contributed by atoms with Crippen LogP contribution in [0.25, 0.3) is 10.5 Å². The largest absolute Gasteiger partial charge is 0.340 e. The van der Waals surface area contributed by atoms with Crippen molar-refractivity contribution in [2.45, 2.75) is 43.3 Å². The van der Waals surface area contributed by atoms with Crippen LogP contribution >= 0.6 is 0 Å². The van der Waals surface area contributed by atoms with Gasteiger partial charge in [0.1, 0.15) is 11.9 Å². The molecule has 1 N–H and O–H groups in total. The first-order valence-corrected chi connectivity index (χ1v) is 13.6. The number of nitrogens with zero attached hydrogens (tertiary/aromatic N) is 5. The molecule has 2 aromatic carbocycles. The average molecular weight is 541 g/mol. The molecule has 0 radical (unpaired) electrons. The van der Waals surface area contributed by atoms with Gasteiger partial charge in [-0.25, -0.2) is 15.6 Å². The van der Waals surface area contributed by atoms with Crippen LogP contribution in [0.1, 0.15) is 41.1 Å². The third-order valence-electron chi connectivity index (χ3n) is 7.68. The van der Waals surface area contributed by atoms with Gasteiger partial charge in [0.2, 0.25) is 5.91 Å². The first-order chi connectivity index (χ1) is 19.5. The van der Waals surface area contributed by atoms with E-state index in [1.807, 2.05) is 42.6 Å². The summed E-state index contributed by atoms with van der Waals surface area (Å²) in [5.74, 6) is -0.337. The predicted octanol–water partition coefficient (Wildman–Crippen LogP) is 4.06. The Morgan fingerprint density at radius 1 is 1.20 bits per heavy atom. The molecule has 3 atom stereocenters. The average Bonchev–Trinajstić information content (AvgIpc) is 3.54. The van der Waals surface area contributed by atoms with Gasteiger partial charge in [-0.3, -0.25) is 14.5 Å². The second-order valence-corrected chi connectivity index (χ2v) is 10.4. The van der Waals surface area contributed by atoms with E-state index in [1.165, 1.54) is 12.1 Å². The van der Waals surface area contributed by atoms with E-state index in [4.69, 9.17) is 6.57 Å². The third kappa shape index (κ3) is 6.29. The fraction of sp³-hybridized carbons (Fsp3) is 0.355. The summed E-state index contributed by atoms with van der Waals surface area (Å²) in [5.41, 5.74) is 2.43. The van der Waals surface area contributed by atoms with Crippen LogP contribution in [0.5, 0.6) is 0 Å². The first kappa shape index (κ1) is 27.3. The number of rotatable bonds is 12. The number of hydrogen-bond donors (Lipinski definition) is 1. The minimum Gasteiger partial charge on any atom is -0.340 e. The molecule has 2 aliphatic rings. The molecule has 0 bridgehead atoms. The normalized spacial score (nSPS) is 19.0. The van der Waals surface area contributed by atoms with E-state index >= 15 is 0 Å². The van der Waals surface area contributed by atoms with E-state index in [0.717, 1.165) is 30.8 Å². The molecule has 0 unspecified atom stereocenters. The summed E-state index contributed by atoms with van der Waals surface area (Å²) >= 11 is 0. The lowest BCUT2D eigenvalue weighted by Crippen LogP contribution is -2.58. The number of amides is 2. The second-order valence-electron chi connectivity index (χ2n) is 10.4. The van der Waals surface area contributed by atoms with Crippen molar-refractivity contribution in [3.05, 3.63) is 108 Å². The van der Waals surface area contributed by atoms with Gasteiger partial charge in [-0.05, 0) is 73.8 Å². The molecule has 40 heavy (non-hydrogen) atoms. The van der Waals surface area contributed by atoms with Gasteiger partial charge in [0.05, 0.1) is 18.8 Å². The van der Waals surface area contributed by atoms with Crippen molar-refractivity contribution in [1.82, 2.24) is 24.9 Å². The van der Waals surface area contributed by atoms with E-state index in [1.54, 1.807) is 27.9 Å². The fourth-order valence-electron chi connectivity index (χ4n) is 5.33. The van der Waals surface area contributed by atoms with Gasteiger partial charge in [0.25, 0.3) is 11.9 Å². The van der Waals surface area contributed by atoms with Crippen molar-refractivity contribution in [1.29, 1.82) is 0 Å². The van der Waals surface area contributed by atoms with E-state index in [9.17, 15) is 14.0 Å². The van der Waals surface area contributed by atoms with Crippen molar-refractivity contribution in [3.8, 4) is 5.69 Å². The Hall–Kier alpha value is -4.29. The molecule has 1 aliphatic carbocycles. The fourth-order valence-corrected chi connectivity index (χ4v) is 5.33. The lowest BCUT2D eigenvalue weighted by molar-refractivity contribution is -0.137. The topological polar surface area (TPSA) is 74.8 Å². The van der Waals surface area contributed by atoms with Gasteiger partial charge in [-0.1, -0.05) is 18.2 Å². The highest BCUT2D eigenvalue weighted by molar-refractivity contribution is 5.97. The smallest absolute Gasteiger partial charge is 0.258 e. The van der Waals surface area contributed by atoms with Gasteiger partial charge < -0.3 is 15.1 Å². The number of likely N-dealkylation sites (tertiary alicyclic amines) is 1. The van der Waals surface area contributed by atoms with Crippen molar-refractivity contribution in [2.24, 2.45) is 0 Å². The Morgan fingerprint density at radius 2 is 1.95 bits per heavy atom. The van der Waals surface area contributed by atoms with E-state index < -0.39 is 6.04 Å². The van der Waals surface area contributed by atoms with Gasteiger partial charge in [-0.2, -0.15) is 5.10 Å². The van der Waals surface area contributed by atoms with Gasteiger partial charge in [0, 0.05) is 36.5 Å². The summed E-state index contributed by atoms with van der Waals surface area (Å²) in [4.78, 5) is 34.0. The summed E-state index contributed by atoms with van der Waals surface area (Å²) in [6, 6.07) is 15.1. The number of hydrogen-bond acceptors (Lipinski definition) is 4. The van der Waals surface area contributed by atoms with Crippen LogP contribution in [0, 0.1) is 12.4 Å². The molecule has 2 amide bonds. The molecule has 5 rings (SSSR count). The lowest BCUT2D eigenvalue weighted by atomic mass is 10.0. The van der Waals surface area contributed by atoms with Gasteiger partial charge in [-0.15, -0.1) is 6.58 Å². The quantitative estimate of drug-likeness (QED) is 0.278. The van der Waals surface area contributed by atoms with E-state index in [2.05, 4.69) is 26.7 Å². The number of benzene rings is 2. The zero-order valence-corrected chi connectivity index (χ0v) is 22.3. The van der Waals surface area contributed by atoms with Crippen molar-refractivity contribution in [3.63, 3.8) is 0 Å². The summed E-state index contributed by atoms with van der Waals surface area (Å²) in [6.45, 7) is 13.4. The molecule has 3 aromatic rings. The monoisotopic (exact) mass is 540 g/mol. The molecule has 1 saturated heterocycles. The second kappa shape index (κ2) is 12.3. The molecular formula is C31H33FN6O2. The minimum absolute atomic E-state index is 0.146. The highest BCUT2D eigenvalue weighted by Crippen LogP contribution is 2.44. The van der Waals surface area contributed by atoms with E-state index in [0.29, 0.717) is 43.5 Å². The number of carbonyl (C=O) groups excluding carboxylic acids is 2. The summed E-state index contributed by atoms with van der Waals surface area (Å²) < 4.78 is 15.1. The number of halogens is 1. The lowest BCUT2D eigenvalue weighted by Gasteiger charge is -2.35. The van der Waals surface area contributed by atoms with E-state index in [-0.39, 0.29) is 23.7 Å². The first-order valence-electron chi connectivity index (χ1n) is 13.6. The Morgan fingerprint density at radius 3 is 2.60 bits per heavy atom. The molecule has 2 fully saturated rings. The molecule has 206 valence electrons. The van der Waals surface area contributed by atoms with Crippen LogP contribution in [0.2, 0.25) is 0 Å². The SMILES string of the molecule is [C-]#[N+]C1CN(C(=O)[C@H](CCCN(CC=C)[C@@H]2C[C@H]2c2ccc(F)cc2)NC(=O)c2ccc(-n3cccn3)cc2)C1. The van der Waals surface area contributed by atoms with Gasteiger partial charge >= 0.3 is 0 Å². The molecule has 1 aliphatic heterocycles. The van der Waals surface area contributed by atoms with Crippen molar-refractivity contribution < 1.29 is 14.0 Å². The van der Waals surface area contributed by atoms with Gasteiger partial charge in [0.15, 0.2) is 0 Å².